The van der Waals surface area contributed by atoms with Crippen LogP contribution >= 0.6 is 0 Å². The van der Waals surface area contributed by atoms with E-state index in [9.17, 15) is 22.8 Å². The van der Waals surface area contributed by atoms with Gasteiger partial charge in [0.05, 0.1) is 12.2 Å². The van der Waals surface area contributed by atoms with Gasteiger partial charge < -0.3 is 9.64 Å². The molecule has 0 radical (unpaired) electrons. The molecule has 0 amide bonds. The van der Waals surface area contributed by atoms with E-state index in [2.05, 4.69) is 0 Å². The standard InChI is InChI=1S/C16H18F3NO3/c1-4-20(5-2)9-11(16(22)23-6-3)15(21)10-7-13(18)14(19)8-12(10)17/h7-9H,4-6H2,1-3H3. The van der Waals surface area contributed by atoms with Crippen molar-refractivity contribution >= 4 is 11.8 Å². The summed E-state index contributed by atoms with van der Waals surface area (Å²) in [4.78, 5) is 26.0. The van der Waals surface area contributed by atoms with Gasteiger partial charge >= 0.3 is 5.97 Å². The van der Waals surface area contributed by atoms with Crippen molar-refractivity contribution in [1.29, 1.82) is 0 Å². The van der Waals surface area contributed by atoms with Crippen LogP contribution in [0.1, 0.15) is 31.1 Å². The molecule has 0 aliphatic rings. The number of benzene rings is 1. The van der Waals surface area contributed by atoms with Crippen molar-refractivity contribution < 1.29 is 27.5 Å². The first-order valence-electron chi connectivity index (χ1n) is 7.17. The molecule has 0 fully saturated rings. The molecule has 0 unspecified atom stereocenters. The lowest BCUT2D eigenvalue weighted by molar-refractivity contribution is -0.138. The summed E-state index contributed by atoms with van der Waals surface area (Å²) in [6, 6.07) is 0.699. The maximum absolute atomic E-state index is 13.8. The van der Waals surface area contributed by atoms with Crippen LogP contribution in [0.5, 0.6) is 0 Å². The van der Waals surface area contributed by atoms with Crippen LogP contribution < -0.4 is 0 Å². The fourth-order valence-electron chi connectivity index (χ4n) is 1.84. The Morgan fingerprint density at radius 1 is 1.04 bits per heavy atom. The van der Waals surface area contributed by atoms with Gasteiger partial charge in [0.2, 0.25) is 5.78 Å². The van der Waals surface area contributed by atoms with Crippen molar-refractivity contribution in [3.05, 3.63) is 46.9 Å². The zero-order valence-electron chi connectivity index (χ0n) is 13.2. The van der Waals surface area contributed by atoms with E-state index >= 15 is 0 Å². The summed E-state index contributed by atoms with van der Waals surface area (Å²) in [6.45, 7) is 6.15. The van der Waals surface area contributed by atoms with Crippen LogP contribution in [0.15, 0.2) is 23.9 Å². The number of ether oxygens (including phenoxy) is 1. The number of carbonyl (C=O) groups excluding carboxylic acids is 2. The van der Waals surface area contributed by atoms with Crippen molar-refractivity contribution in [1.82, 2.24) is 4.90 Å². The molecule has 0 aliphatic carbocycles. The van der Waals surface area contributed by atoms with E-state index in [0.29, 0.717) is 19.2 Å². The van der Waals surface area contributed by atoms with Gasteiger partial charge in [0, 0.05) is 25.4 Å². The Morgan fingerprint density at radius 2 is 1.61 bits per heavy atom. The Hall–Kier alpha value is -2.31. The van der Waals surface area contributed by atoms with Crippen LogP contribution in [0.3, 0.4) is 0 Å². The lowest BCUT2D eigenvalue weighted by Gasteiger charge is -2.17. The fourth-order valence-corrected chi connectivity index (χ4v) is 1.84. The third-order valence-corrected chi connectivity index (χ3v) is 3.12. The van der Waals surface area contributed by atoms with E-state index in [1.165, 1.54) is 6.20 Å². The van der Waals surface area contributed by atoms with Gasteiger partial charge in [-0.25, -0.2) is 18.0 Å². The Bertz CT molecular complexity index is 625. The zero-order valence-corrected chi connectivity index (χ0v) is 13.2. The van der Waals surface area contributed by atoms with Gasteiger partial charge in [-0.05, 0) is 26.8 Å². The summed E-state index contributed by atoms with van der Waals surface area (Å²) in [5, 5.41) is 0. The molecule has 0 saturated heterocycles. The highest BCUT2D eigenvalue weighted by Crippen LogP contribution is 2.18. The lowest BCUT2D eigenvalue weighted by atomic mass is 10.0. The maximum atomic E-state index is 13.8. The summed E-state index contributed by atoms with van der Waals surface area (Å²) in [5.41, 5.74) is -1.17. The Balaban J connectivity index is 3.34. The van der Waals surface area contributed by atoms with Crippen LogP contribution in [0.2, 0.25) is 0 Å². The van der Waals surface area contributed by atoms with Crippen LogP contribution in [-0.4, -0.2) is 36.3 Å². The predicted octanol–water partition coefficient (Wildman–Crippen LogP) is 3.08. The van der Waals surface area contributed by atoms with Gasteiger partial charge in [-0.1, -0.05) is 0 Å². The molecule has 126 valence electrons. The summed E-state index contributed by atoms with van der Waals surface area (Å²) >= 11 is 0. The predicted molar refractivity (Wildman–Crippen MR) is 78.3 cm³/mol. The van der Waals surface area contributed by atoms with E-state index in [-0.39, 0.29) is 12.7 Å². The van der Waals surface area contributed by atoms with E-state index in [1.54, 1.807) is 25.7 Å². The van der Waals surface area contributed by atoms with Gasteiger partial charge in [-0.2, -0.15) is 0 Å². The highest BCUT2D eigenvalue weighted by molar-refractivity contribution is 6.24. The van der Waals surface area contributed by atoms with E-state index in [4.69, 9.17) is 4.74 Å². The number of halogens is 3. The second-order valence-electron chi connectivity index (χ2n) is 4.56. The largest absolute Gasteiger partial charge is 0.462 e. The monoisotopic (exact) mass is 329 g/mol. The lowest BCUT2D eigenvalue weighted by Crippen LogP contribution is -2.23. The van der Waals surface area contributed by atoms with Crippen LogP contribution in [-0.2, 0) is 9.53 Å². The molecule has 0 bridgehead atoms. The van der Waals surface area contributed by atoms with Crippen molar-refractivity contribution in [2.45, 2.75) is 20.8 Å². The molecule has 0 aromatic heterocycles. The third-order valence-electron chi connectivity index (χ3n) is 3.12. The molecule has 0 saturated carbocycles. The normalized spacial score (nSPS) is 11.3. The SMILES string of the molecule is CCOC(=O)C(=CN(CC)CC)C(=O)c1cc(F)c(F)cc1F. The number of hydrogen-bond acceptors (Lipinski definition) is 4. The smallest absolute Gasteiger partial charge is 0.343 e. The number of esters is 1. The summed E-state index contributed by atoms with van der Waals surface area (Å²) < 4.78 is 44.8. The summed E-state index contributed by atoms with van der Waals surface area (Å²) in [7, 11) is 0. The number of hydrogen-bond donors (Lipinski definition) is 0. The quantitative estimate of drug-likeness (QED) is 0.193. The second kappa shape index (κ2) is 8.36. The van der Waals surface area contributed by atoms with Crippen molar-refractivity contribution in [3.63, 3.8) is 0 Å². The molecule has 23 heavy (non-hydrogen) atoms. The van der Waals surface area contributed by atoms with Crippen molar-refractivity contribution in [2.75, 3.05) is 19.7 Å². The summed E-state index contributed by atoms with van der Waals surface area (Å²) in [5.74, 6) is -6.05. The Labute approximate surface area is 132 Å². The van der Waals surface area contributed by atoms with E-state index in [0.717, 1.165) is 0 Å². The molecule has 1 aromatic rings. The van der Waals surface area contributed by atoms with Crippen LogP contribution in [0.25, 0.3) is 0 Å². The molecule has 0 heterocycles. The highest BCUT2D eigenvalue weighted by atomic mass is 19.2. The first-order chi connectivity index (χ1) is 10.8. The average Bonchev–Trinajstić information content (AvgIpc) is 2.51. The van der Waals surface area contributed by atoms with Gasteiger partial charge in [0.15, 0.2) is 11.6 Å². The van der Waals surface area contributed by atoms with Crippen molar-refractivity contribution in [2.24, 2.45) is 0 Å². The molecule has 7 heteroatoms. The number of ketones is 1. The fraction of sp³-hybridized carbons (Fsp3) is 0.375. The van der Waals surface area contributed by atoms with Gasteiger partial charge in [-0.15, -0.1) is 0 Å². The molecular weight excluding hydrogens is 311 g/mol. The second-order valence-corrected chi connectivity index (χ2v) is 4.56. The van der Waals surface area contributed by atoms with E-state index in [1.807, 2.05) is 0 Å². The molecule has 0 atom stereocenters. The van der Waals surface area contributed by atoms with E-state index < -0.39 is 40.3 Å². The molecule has 4 nitrogen and oxygen atoms in total. The average molecular weight is 329 g/mol. The number of rotatable bonds is 7. The molecule has 0 N–H and O–H groups in total. The first-order valence-corrected chi connectivity index (χ1v) is 7.17. The molecule has 1 aromatic carbocycles. The third kappa shape index (κ3) is 4.58. The van der Waals surface area contributed by atoms with Crippen LogP contribution in [0, 0.1) is 17.5 Å². The highest BCUT2D eigenvalue weighted by Gasteiger charge is 2.26. The Morgan fingerprint density at radius 3 is 2.13 bits per heavy atom. The molecule has 1 rings (SSSR count). The number of nitrogens with zero attached hydrogens (tertiary/aromatic N) is 1. The molecule has 0 spiro atoms. The maximum Gasteiger partial charge on any atom is 0.343 e. The van der Waals surface area contributed by atoms with Crippen LogP contribution in [0.4, 0.5) is 13.2 Å². The number of carbonyl (C=O) groups is 2. The zero-order chi connectivity index (χ0) is 17.6. The number of Topliss-reactive ketones (excluding diaryl/α,β-unsaturated/α-hetero) is 1. The minimum Gasteiger partial charge on any atom is -0.462 e. The van der Waals surface area contributed by atoms with Crippen molar-refractivity contribution in [3.8, 4) is 0 Å². The Kier molecular flexibility index (Phi) is 6.81. The minimum atomic E-state index is -1.41. The first kappa shape index (κ1) is 18.7. The minimum absolute atomic E-state index is 0.0158. The molecular formula is C16H18F3NO3. The molecule has 0 aliphatic heterocycles. The van der Waals surface area contributed by atoms with Gasteiger partial charge in [0.25, 0.3) is 0 Å². The van der Waals surface area contributed by atoms with Gasteiger partial charge in [-0.3, -0.25) is 4.79 Å². The summed E-state index contributed by atoms with van der Waals surface area (Å²) in [6.07, 6.45) is 1.24. The van der Waals surface area contributed by atoms with Gasteiger partial charge in [0.1, 0.15) is 11.4 Å². The topological polar surface area (TPSA) is 46.6 Å².